The van der Waals surface area contributed by atoms with E-state index in [1.807, 2.05) is 4.90 Å². The third kappa shape index (κ3) is 2.75. The van der Waals surface area contributed by atoms with Crippen LogP contribution in [-0.2, 0) is 0 Å². The Hall–Kier alpha value is -1.58. The van der Waals surface area contributed by atoms with E-state index in [0.717, 1.165) is 13.1 Å². The summed E-state index contributed by atoms with van der Waals surface area (Å²) in [7, 11) is 0. The van der Waals surface area contributed by atoms with Crippen molar-refractivity contribution in [2.24, 2.45) is 11.8 Å². The number of nitrogens with two attached hydrogens (primary N) is 1. The Balaban J connectivity index is 2.11. The zero-order chi connectivity index (χ0) is 12.4. The first-order valence-corrected chi connectivity index (χ1v) is 6.07. The van der Waals surface area contributed by atoms with Crippen molar-refractivity contribution in [2.75, 3.05) is 18.8 Å². The molecular formula is C13H19N3O. The summed E-state index contributed by atoms with van der Waals surface area (Å²) in [6, 6.07) is 3.42. The lowest BCUT2D eigenvalue weighted by Crippen LogP contribution is -2.42. The molecule has 1 aromatic rings. The molecule has 0 spiro atoms. The van der Waals surface area contributed by atoms with Crippen molar-refractivity contribution >= 4 is 11.7 Å². The minimum absolute atomic E-state index is 0.0656. The number of nitrogen functional groups attached to an aromatic ring is 1. The van der Waals surface area contributed by atoms with Crippen molar-refractivity contribution in [3.63, 3.8) is 0 Å². The number of likely N-dealkylation sites (tertiary alicyclic amines) is 1. The number of piperidine rings is 1. The SMILES string of the molecule is CC1CC(C)CN(C(=O)c2ccc(N)nc2)C1. The summed E-state index contributed by atoms with van der Waals surface area (Å²) in [4.78, 5) is 18.1. The van der Waals surface area contributed by atoms with Crippen molar-refractivity contribution in [3.05, 3.63) is 23.9 Å². The summed E-state index contributed by atoms with van der Waals surface area (Å²) < 4.78 is 0. The fraction of sp³-hybridized carbons (Fsp3) is 0.538. The fourth-order valence-electron chi connectivity index (χ4n) is 2.54. The van der Waals surface area contributed by atoms with E-state index in [4.69, 9.17) is 5.73 Å². The smallest absolute Gasteiger partial charge is 0.255 e. The molecule has 2 atom stereocenters. The number of rotatable bonds is 1. The predicted octanol–water partition coefficient (Wildman–Crippen LogP) is 1.78. The van der Waals surface area contributed by atoms with Crippen LogP contribution >= 0.6 is 0 Å². The topological polar surface area (TPSA) is 59.2 Å². The second-order valence-corrected chi connectivity index (χ2v) is 5.13. The Kier molecular flexibility index (Phi) is 3.31. The van der Waals surface area contributed by atoms with Crippen LogP contribution < -0.4 is 5.73 Å². The molecule has 0 bridgehead atoms. The van der Waals surface area contributed by atoms with E-state index in [-0.39, 0.29) is 5.91 Å². The van der Waals surface area contributed by atoms with E-state index in [1.165, 1.54) is 6.42 Å². The monoisotopic (exact) mass is 233 g/mol. The number of amides is 1. The van der Waals surface area contributed by atoms with Crippen LogP contribution in [0.25, 0.3) is 0 Å². The Morgan fingerprint density at radius 1 is 1.35 bits per heavy atom. The molecule has 2 unspecified atom stereocenters. The Bertz CT molecular complexity index is 392. The molecule has 1 saturated heterocycles. The van der Waals surface area contributed by atoms with Crippen LogP contribution in [0.4, 0.5) is 5.82 Å². The average molecular weight is 233 g/mol. The summed E-state index contributed by atoms with van der Waals surface area (Å²) >= 11 is 0. The Labute approximate surface area is 102 Å². The van der Waals surface area contributed by atoms with Crippen molar-refractivity contribution in [2.45, 2.75) is 20.3 Å². The summed E-state index contributed by atoms with van der Waals surface area (Å²) in [6.07, 6.45) is 2.76. The van der Waals surface area contributed by atoms with Crippen LogP contribution in [0.5, 0.6) is 0 Å². The molecule has 1 aliphatic heterocycles. The highest BCUT2D eigenvalue weighted by Crippen LogP contribution is 2.22. The molecule has 4 heteroatoms. The number of hydrogen-bond donors (Lipinski definition) is 1. The highest BCUT2D eigenvalue weighted by Gasteiger charge is 2.26. The maximum atomic E-state index is 12.2. The second-order valence-electron chi connectivity index (χ2n) is 5.13. The lowest BCUT2D eigenvalue weighted by Gasteiger charge is -2.35. The molecule has 4 nitrogen and oxygen atoms in total. The van der Waals surface area contributed by atoms with Crippen molar-refractivity contribution < 1.29 is 4.79 Å². The lowest BCUT2D eigenvalue weighted by molar-refractivity contribution is 0.0623. The first kappa shape index (κ1) is 11.9. The van der Waals surface area contributed by atoms with Crippen LogP contribution in [0.3, 0.4) is 0 Å². The molecule has 0 saturated carbocycles. The van der Waals surface area contributed by atoms with E-state index < -0.39 is 0 Å². The van der Waals surface area contributed by atoms with Gasteiger partial charge in [0.1, 0.15) is 5.82 Å². The predicted molar refractivity (Wildman–Crippen MR) is 67.5 cm³/mol. The van der Waals surface area contributed by atoms with E-state index in [2.05, 4.69) is 18.8 Å². The number of aromatic nitrogens is 1. The molecule has 92 valence electrons. The first-order chi connectivity index (χ1) is 8.06. The first-order valence-electron chi connectivity index (χ1n) is 6.07. The molecule has 0 radical (unpaired) electrons. The largest absolute Gasteiger partial charge is 0.384 e. The summed E-state index contributed by atoms with van der Waals surface area (Å²) in [6.45, 7) is 6.06. The lowest BCUT2D eigenvalue weighted by atomic mass is 9.91. The van der Waals surface area contributed by atoms with Gasteiger partial charge >= 0.3 is 0 Å². The highest BCUT2D eigenvalue weighted by atomic mass is 16.2. The van der Waals surface area contributed by atoms with Crippen LogP contribution in [0.1, 0.15) is 30.6 Å². The molecule has 1 fully saturated rings. The van der Waals surface area contributed by atoms with Crippen molar-refractivity contribution in [1.82, 2.24) is 9.88 Å². The van der Waals surface area contributed by atoms with Crippen LogP contribution in [0.2, 0.25) is 0 Å². The van der Waals surface area contributed by atoms with Gasteiger partial charge in [-0.2, -0.15) is 0 Å². The number of pyridine rings is 1. The van der Waals surface area contributed by atoms with Crippen LogP contribution in [0.15, 0.2) is 18.3 Å². The molecule has 0 aromatic carbocycles. The molecule has 1 amide bonds. The molecule has 2 heterocycles. The molecule has 17 heavy (non-hydrogen) atoms. The van der Waals surface area contributed by atoms with E-state index in [9.17, 15) is 4.79 Å². The number of anilines is 1. The van der Waals surface area contributed by atoms with E-state index >= 15 is 0 Å². The van der Waals surface area contributed by atoms with Crippen molar-refractivity contribution in [1.29, 1.82) is 0 Å². The molecule has 0 aliphatic carbocycles. The summed E-state index contributed by atoms with van der Waals surface area (Å²) in [5.41, 5.74) is 6.14. The summed E-state index contributed by atoms with van der Waals surface area (Å²) in [5, 5.41) is 0. The fourth-order valence-corrected chi connectivity index (χ4v) is 2.54. The van der Waals surface area contributed by atoms with Gasteiger partial charge in [-0.15, -0.1) is 0 Å². The number of hydrogen-bond acceptors (Lipinski definition) is 3. The van der Waals surface area contributed by atoms with Gasteiger partial charge in [-0.25, -0.2) is 4.98 Å². The zero-order valence-electron chi connectivity index (χ0n) is 10.4. The maximum Gasteiger partial charge on any atom is 0.255 e. The normalized spacial score (nSPS) is 24.7. The van der Waals surface area contributed by atoms with Gasteiger partial charge in [0.25, 0.3) is 5.91 Å². The molecule has 2 N–H and O–H groups in total. The van der Waals surface area contributed by atoms with Crippen LogP contribution in [-0.4, -0.2) is 28.9 Å². The quantitative estimate of drug-likeness (QED) is 0.804. The van der Waals surface area contributed by atoms with Gasteiger partial charge in [-0.3, -0.25) is 4.79 Å². The van der Waals surface area contributed by atoms with E-state index in [1.54, 1.807) is 18.3 Å². The summed E-state index contributed by atoms with van der Waals surface area (Å²) in [5.74, 6) is 1.66. The van der Waals surface area contributed by atoms with Crippen molar-refractivity contribution in [3.8, 4) is 0 Å². The molecule has 1 aliphatic rings. The number of carbonyl (C=O) groups excluding carboxylic acids is 1. The minimum Gasteiger partial charge on any atom is -0.384 e. The van der Waals surface area contributed by atoms with Gasteiger partial charge in [0.05, 0.1) is 5.56 Å². The standard InChI is InChI=1S/C13H19N3O/c1-9-5-10(2)8-16(7-9)13(17)11-3-4-12(14)15-6-11/h3-4,6,9-10H,5,7-8H2,1-2H3,(H2,14,15). The van der Waals surface area contributed by atoms with E-state index in [0.29, 0.717) is 23.2 Å². The van der Waals surface area contributed by atoms with Gasteiger partial charge < -0.3 is 10.6 Å². The molecule has 2 rings (SSSR count). The number of carbonyl (C=O) groups is 1. The molecular weight excluding hydrogens is 214 g/mol. The third-order valence-electron chi connectivity index (χ3n) is 3.19. The third-order valence-corrected chi connectivity index (χ3v) is 3.19. The number of nitrogens with zero attached hydrogens (tertiary/aromatic N) is 2. The van der Waals surface area contributed by atoms with Crippen LogP contribution in [0, 0.1) is 11.8 Å². The van der Waals surface area contributed by atoms with Gasteiger partial charge in [0, 0.05) is 19.3 Å². The van der Waals surface area contributed by atoms with Gasteiger partial charge in [-0.05, 0) is 30.4 Å². The Morgan fingerprint density at radius 2 is 2.00 bits per heavy atom. The average Bonchev–Trinajstić information content (AvgIpc) is 2.28. The zero-order valence-corrected chi connectivity index (χ0v) is 10.4. The Morgan fingerprint density at radius 3 is 2.53 bits per heavy atom. The van der Waals surface area contributed by atoms with Gasteiger partial charge in [0.15, 0.2) is 0 Å². The highest BCUT2D eigenvalue weighted by molar-refractivity contribution is 5.94. The van der Waals surface area contributed by atoms with Gasteiger partial charge in [-0.1, -0.05) is 13.8 Å². The maximum absolute atomic E-state index is 12.2. The second kappa shape index (κ2) is 4.73. The van der Waals surface area contributed by atoms with Gasteiger partial charge in [0.2, 0.25) is 0 Å². The molecule has 1 aromatic heterocycles. The minimum atomic E-state index is 0.0656.